The summed E-state index contributed by atoms with van der Waals surface area (Å²) in [7, 11) is 0. The molecular formula is C13H15ClFN5. The quantitative estimate of drug-likeness (QED) is 0.583. The van der Waals surface area contributed by atoms with Crippen molar-refractivity contribution in [3.63, 3.8) is 0 Å². The smallest absolute Gasteiger partial charge is 0.148 e. The molecule has 1 heterocycles. The maximum absolute atomic E-state index is 13.7. The van der Waals surface area contributed by atoms with Crippen LogP contribution in [0, 0.1) is 5.82 Å². The highest BCUT2D eigenvalue weighted by atomic mass is 35.5. The lowest BCUT2D eigenvalue weighted by atomic mass is 10.3. The average molecular weight is 296 g/mol. The van der Waals surface area contributed by atoms with E-state index in [1.807, 2.05) is 6.92 Å². The third kappa shape index (κ3) is 3.55. The minimum atomic E-state index is -0.449. The largest absolute Gasteiger partial charge is 0.338 e. The second-order valence-corrected chi connectivity index (χ2v) is 4.63. The molecule has 1 aromatic heterocycles. The number of hydrogen-bond acceptors (Lipinski definition) is 5. The molecule has 0 spiro atoms. The summed E-state index contributed by atoms with van der Waals surface area (Å²) in [5.41, 5.74) is 2.76. The fraction of sp³-hybridized carbons (Fsp3) is 0.231. The zero-order valence-corrected chi connectivity index (χ0v) is 11.7. The number of benzene rings is 1. The van der Waals surface area contributed by atoms with E-state index in [1.54, 1.807) is 18.2 Å². The number of rotatable bonds is 5. The molecule has 0 amide bonds. The van der Waals surface area contributed by atoms with Gasteiger partial charge in [0.2, 0.25) is 0 Å². The van der Waals surface area contributed by atoms with Crippen molar-refractivity contribution in [2.75, 3.05) is 10.7 Å². The van der Waals surface area contributed by atoms with Gasteiger partial charge in [-0.15, -0.1) is 0 Å². The fourth-order valence-electron chi connectivity index (χ4n) is 1.70. The Morgan fingerprint density at radius 2 is 2.00 bits per heavy atom. The molecular weight excluding hydrogens is 281 g/mol. The molecule has 0 bridgehead atoms. The van der Waals surface area contributed by atoms with E-state index in [1.165, 1.54) is 6.07 Å². The van der Waals surface area contributed by atoms with Crippen molar-refractivity contribution in [3.05, 3.63) is 40.9 Å². The highest BCUT2D eigenvalue weighted by Crippen LogP contribution is 2.23. The minimum Gasteiger partial charge on any atom is -0.338 e. The van der Waals surface area contributed by atoms with Gasteiger partial charge in [-0.05, 0) is 24.6 Å². The van der Waals surface area contributed by atoms with E-state index >= 15 is 0 Å². The number of nitrogen functional groups attached to an aromatic ring is 1. The van der Waals surface area contributed by atoms with Crippen LogP contribution >= 0.6 is 11.6 Å². The van der Waals surface area contributed by atoms with Gasteiger partial charge in [-0.2, -0.15) is 0 Å². The highest BCUT2D eigenvalue weighted by Gasteiger charge is 2.07. The first-order valence-corrected chi connectivity index (χ1v) is 6.57. The summed E-state index contributed by atoms with van der Waals surface area (Å²) in [6.07, 6.45) is 1.62. The Kier molecular flexibility index (Phi) is 4.70. The summed E-state index contributed by atoms with van der Waals surface area (Å²) in [6.45, 7) is 2.03. The Balaban J connectivity index is 2.29. The van der Waals surface area contributed by atoms with Crippen molar-refractivity contribution in [3.8, 4) is 0 Å². The molecule has 0 atom stereocenters. The normalized spacial score (nSPS) is 10.4. The number of hydrazine groups is 1. The molecule has 106 valence electrons. The van der Waals surface area contributed by atoms with E-state index in [4.69, 9.17) is 17.4 Å². The van der Waals surface area contributed by atoms with Gasteiger partial charge in [0, 0.05) is 17.5 Å². The van der Waals surface area contributed by atoms with Crippen molar-refractivity contribution in [2.45, 2.75) is 19.8 Å². The second-order valence-electron chi connectivity index (χ2n) is 4.20. The van der Waals surface area contributed by atoms with Crippen molar-refractivity contribution < 1.29 is 4.39 Å². The summed E-state index contributed by atoms with van der Waals surface area (Å²) < 4.78 is 13.7. The molecule has 4 N–H and O–H groups in total. The van der Waals surface area contributed by atoms with Crippen molar-refractivity contribution in [1.82, 2.24) is 9.97 Å². The molecule has 2 aromatic rings. The van der Waals surface area contributed by atoms with Gasteiger partial charge >= 0.3 is 0 Å². The van der Waals surface area contributed by atoms with E-state index in [2.05, 4.69) is 20.7 Å². The van der Waals surface area contributed by atoms with E-state index in [-0.39, 0.29) is 0 Å². The number of halogens is 2. The minimum absolute atomic E-state index is 0.290. The highest BCUT2D eigenvalue weighted by molar-refractivity contribution is 6.30. The maximum Gasteiger partial charge on any atom is 0.148 e. The van der Waals surface area contributed by atoms with Gasteiger partial charge in [-0.25, -0.2) is 20.2 Å². The molecule has 5 nitrogen and oxygen atoms in total. The van der Waals surface area contributed by atoms with E-state index in [0.29, 0.717) is 34.6 Å². The van der Waals surface area contributed by atoms with Gasteiger partial charge in [0.15, 0.2) is 0 Å². The number of anilines is 3. The zero-order valence-electron chi connectivity index (χ0n) is 11.0. The number of hydrogen-bond donors (Lipinski definition) is 3. The first-order valence-electron chi connectivity index (χ1n) is 6.19. The Bertz CT molecular complexity index is 605. The molecule has 0 saturated heterocycles. The monoisotopic (exact) mass is 295 g/mol. The van der Waals surface area contributed by atoms with E-state index < -0.39 is 5.82 Å². The third-order valence-electron chi connectivity index (χ3n) is 2.59. The number of nitrogens with zero attached hydrogens (tertiary/aromatic N) is 2. The van der Waals surface area contributed by atoms with E-state index in [9.17, 15) is 4.39 Å². The van der Waals surface area contributed by atoms with Gasteiger partial charge in [-0.3, -0.25) is 0 Å². The summed E-state index contributed by atoms with van der Waals surface area (Å²) in [5, 5.41) is 3.23. The first kappa shape index (κ1) is 14.5. The Morgan fingerprint density at radius 3 is 2.65 bits per heavy atom. The van der Waals surface area contributed by atoms with Crippen LogP contribution in [-0.4, -0.2) is 9.97 Å². The van der Waals surface area contributed by atoms with Crippen LogP contribution in [0.5, 0.6) is 0 Å². The van der Waals surface area contributed by atoms with Crippen molar-refractivity contribution in [2.24, 2.45) is 5.84 Å². The predicted molar refractivity (Wildman–Crippen MR) is 78.5 cm³/mol. The van der Waals surface area contributed by atoms with Crippen LogP contribution in [0.3, 0.4) is 0 Å². The molecule has 20 heavy (non-hydrogen) atoms. The maximum atomic E-state index is 13.7. The third-order valence-corrected chi connectivity index (χ3v) is 2.82. The summed E-state index contributed by atoms with van der Waals surface area (Å²) >= 11 is 5.71. The molecule has 0 saturated carbocycles. The topological polar surface area (TPSA) is 75.9 Å². The van der Waals surface area contributed by atoms with Crippen LogP contribution in [0.1, 0.15) is 19.2 Å². The molecule has 1 aromatic carbocycles. The van der Waals surface area contributed by atoms with Crippen LogP contribution < -0.4 is 16.6 Å². The molecule has 7 heteroatoms. The van der Waals surface area contributed by atoms with Gasteiger partial charge in [-0.1, -0.05) is 18.5 Å². The molecule has 0 aliphatic carbocycles. The molecule has 2 rings (SSSR count). The van der Waals surface area contributed by atoms with Crippen LogP contribution in [0.25, 0.3) is 0 Å². The number of nitrogens with one attached hydrogen (secondary N) is 2. The lowest BCUT2D eigenvalue weighted by Crippen LogP contribution is -2.11. The second kappa shape index (κ2) is 6.49. The van der Waals surface area contributed by atoms with Gasteiger partial charge < -0.3 is 10.7 Å². The molecule has 0 aliphatic rings. The van der Waals surface area contributed by atoms with Crippen LogP contribution in [0.15, 0.2) is 24.3 Å². The van der Waals surface area contributed by atoms with Gasteiger partial charge in [0.1, 0.15) is 23.3 Å². The van der Waals surface area contributed by atoms with Crippen molar-refractivity contribution >= 4 is 28.9 Å². The fourth-order valence-corrected chi connectivity index (χ4v) is 1.86. The summed E-state index contributed by atoms with van der Waals surface area (Å²) in [5.74, 6) is 6.50. The number of nitrogens with two attached hydrogens (primary N) is 1. The zero-order chi connectivity index (χ0) is 14.5. The number of aryl methyl sites for hydroxylation is 1. The molecule has 0 unspecified atom stereocenters. The summed E-state index contributed by atoms with van der Waals surface area (Å²) in [4.78, 5) is 8.53. The Labute approximate surface area is 121 Å². The molecule has 0 radical (unpaired) electrons. The summed E-state index contributed by atoms with van der Waals surface area (Å²) in [6, 6.07) is 5.99. The molecule has 0 aliphatic heterocycles. The van der Waals surface area contributed by atoms with Crippen molar-refractivity contribution in [1.29, 1.82) is 0 Å². The number of aromatic nitrogens is 2. The lowest BCUT2D eigenvalue weighted by molar-refractivity contribution is 0.632. The van der Waals surface area contributed by atoms with Gasteiger partial charge in [0.05, 0.1) is 5.69 Å². The van der Waals surface area contributed by atoms with Gasteiger partial charge in [0.25, 0.3) is 0 Å². The molecule has 0 fully saturated rings. The predicted octanol–water partition coefficient (Wildman–Crippen LogP) is 3.25. The van der Waals surface area contributed by atoms with Crippen LogP contribution in [0.4, 0.5) is 21.7 Å². The Hall–Kier alpha value is -1.92. The Morgan fingerprint density at radius 1 is 1.25 bits per heavy atom. The standard InChI is InChI=1S/C13H15ClFN5/c1-2-3-11-18-12(7-13(19-11)20-16)17-10-5-4-8(14)6-9(10)15/h4-7H,2-3,16H2,1H3,(H2,17,18,19,20). The van der Waals surface area contributed by atoms with Crippen LogP contribution in [0.2, 0.25) is 5.02 Å². The van der Waals surface area contributed by atoms with E-state index in [0.717, 1.165) is 6.42 Å². The lowest BCUT2D eigenvalue weighted by Gasteiger charge is -2.10. The average Bonchev–Trinajstić information content (AvgIpc) is 2.42. The SMILES string of the molecule is CCCc1nc(NN)cc(Nc2ccc(Cl)cc2F)n1. The van der Waals surface area contributed by atoms with Crippen LogP contribution in [-0.2, 0) is 6.42 Å². The first-order chi connectivity index (χ1) is 9.62.